The van der Waals surface area contributed by atoms with E-state index >= 15 is 0 Å². The molecule has 2 aromatic rings. The van der Waals surface area contributed by atoms with Gasteiger partial charge in [-0.2, -0.15) is 0 Å². The van der Waals surface area contributed by atoms with Gasteiger partial charge in [-0.3, -0.25) is 14.9 Å². The smallest absolute Gasteiger partial charge is 0.292 e. The van der Waals surface area contributed by atoms with Gasteiger partial charge in [-0.25, -0.2) is 0 Å². The molecule has 0 saturated heterocycles. The number of nitro groups is 1. The molecule has 1 saturated carbocycles. The molecule has 3 rings (SSSR count). The molecular formula is C21H25N3O4. The largest absolute Gasteiger partial charge is 0.490 e. The molecule has 1 aliphatic carbocycles. The fourth-order valence-corrected chi connectivity index (χ4v) is 3.28. The van der Waals surface area contributed by atoms with Crippen molar-refractivity contribution in [2.45, 2.75) is 44.8 Å². The average Bonchev–Trinajstić information content (AvgIpc) is 2.72. The predicted octanol–water partition coefficient (Wildman–Crippen LogP) is 4.03. The molecule has 148 valence electrons. The molecule has 7 nitrogen and oxygen atoms in total. The van der Waals surface area contributed by atoms with Gasteiger partial charge in [0.15, 0.2) is 0 Å². The van der Waals surface area contributed by atoms with Crippen molar-refractivity contribution in [3.8, 4) is 5.75 Å². The van der Waals surface area contributed by atoms with Crippen LogP contribution in [0.1, 0.15) is 37.7 Å². The van der Waals surface area contributed by atoms with Gasteiger partial charge in [-0.15, -0.1) is 0 Å². The standard InChI is InChI=1S/C21H25N3O4/c25-21(15-22-19-8-4-5-9-20(19)24(26)27)23-14-16-10-12-18(13-11-16)28-17-6-2-1-3-7-17/h4-5,8-13,17,22H,1-3,6-7,14-15H2,(H,23,25). The number of nitro benzene ring substituents is 1. The average molecular weight is 383 g/mol. The lowest BCUT2D eigenvalue weighted by atomic mass is 9.98. The van der Waals surface area contributed by atoms with Gasteiger partial charge in [0.1, 0.15) is 11.4 Å². The van der Waals surface area contributed by atoms with Crippen LogP contribution in [0.4, 0.5) is 11.4 Å². The summed E-state index contributed by atoms with van der Waals surface area (Å²) in [6.45, 7) is 0.356. The third-order valence-corrected chi connectivity index (χ3v) is 4.81. The van der Waals surface area contributed by atoms with Crippen molar-refractivity contribution >= 4 is 17.3 Å². The highest BCUT2D eigenvalue weighted by Gasteiger charge is 2.15. The van der Waals surface area contributed by atoms with Crippen molar-refractivity contribution in [3.63, 3.8) is 0 Å². The maximum absolute atomic E-state index is 12.0. The molecule has 0 unspecified atom stereocenters. The molecule has 0 aromatic heterocycles. The van der Waals surface area contributed by atoms with Crippen LogP contribution in [0.15, 0.2) is 48.5 Å². The highest BCUT2D eigenvalue weighted by molar-refractivity contribution is 5.81. The number of hydrogen-bond donors (Lipinski definition) is 2. The van der Waals surface area contributed by atoms with E-state index in [4.69, 9.17) is 4.74 Å². The lowest BCUT2D eigenvalue weighted by Gasteiger charge is -2.23. The number of nitrogens with one attached hydrogen (secondary N) is 2. The second-order valence-electron chi connectivity index (χ2n) is 6.93. The quantitative estimate of drug-likeness (QED) is 0.530. The minimum Gasteiger partial charge on any atom is -0.490 e. The monoisotopic (exact) mass is 383 g/mol. The van der Waals surface area contributed by atoms with E-state index in [1.165, 1.54) is 25.3 Å². The Hall–Kier alpha value is -3.09. The van der Waals surface area contributed by atoms with E-state index in [1.54, 1.807) is 18.2 Å². The summed E-state index contributed by atoms with van der Waals surface area (Å²) in [6, 6.07) is 14.0. The number of benzene rings is 2. The number of nitrogens with zero attached hydrogens (tertiary/aromatic N) is 1. The molecule has 0 aliphatic heterocycles. The van der Waals surface area contributed by atoms with Crippen LogP contribution >= 0.6 is 0 Å². The van der Waals surface area contributed by atoms with E-state index < -0.39 is 4.92 Å². The van der Waals surface area contributed by atoms with Crippen LogP contribution in [0.3, 0.4) is 0 Å². The summed E-state index contributed by atoms with van der Waals surface area (Å²) >= 11 is 0. The maximum atomic E-state index is 12.0. The molecule has 2 N–H and O–H groups in total. The van der Waals surface area contributed by atoms with Gasteiger partial charge in [0, 0.05) is 12.6 Å². The fraction of sp³-hybridized carbons (Fsp3) is 0.381. The van der Waals surface area contributed by atoms with Crippen molar-refractivity contribution < 1.29 is 14.5 Å². The second kappa shape index (κ2) is 9.73. The van der Waals surface area contributed by atoms with Crippen LogP contribution in [0.5, 0.6) is 5.75 Å². The Morgan fingerprint density at radius 3 is 2.50 bits per heavy atom. The first kappa shape index (κ1) is 19.7. The first-order valence-electron chi connectivity index (χ1n) is 9.61. The number of rotatable bonds is 8. The molecule has 0 atom stereocenters. The number of para-hydroxylation sites is 2. The van der Waals surface area contributed by atoms with E-state index in [1.807, 2.05) is 24.3 Å². The van der Waals surface area contributed by atoms with Crippen molar-refractivity contribution in [1.29, 1.82) is 0 Å². The van der Waals surface area contributed by atoms with Gasteiger partial charge in [0.2, 0.25) is 5.91 Å². The zero-order valence-corrected chi connectivity index (χ0v) is 15.7. The van der Waals surface area contributed by atoms with Gasteiger partial charge in [-0.05, 0) is 49.4 Å². The molecule has 0 spiro atoms. The Kier molecular flexibility index (Phi) is 6.84. The first-order valence-corrected chi connectivity index (χ1v) is 9.61. The van der Waals surface area contributed by atoms with E-state index in [0.29, 0.717) is 18.3 Å². The lowest BCUT2D eigenvalue weighted by molar-refractivity contribution is -0.383. The van der Waals surface area contributed by atoms with Crippen molar-refractivity contribution in [3.05, 3.63) is 64.2 Å². The number of ether oxygens (including phenoxy) is 1. The predicted molar refractivity (Wildman–Crippen MR) is 107 cm³/mol. The Morgan fingerprint density at radius 2 is 1.79 bits per heavy atom. The number of amides is 1. The third kappa shape index (κ3) is 5.70. The van der Waals surface area contributed by atoms with Gasteiger partial charge >= 0.3 is 0 Å². The van der Waals surface area contributed by atoms with Crippen LogP contribution in [0, 0.1) is 10.1 Å². The highest BCUT2D eigenvalue weighted by Crippen LogP contribution is 2.24. The second-order valence-corrected chi connectivity index (χ2v) is 6.93. The molecular weight excluding hydrogens is 358 g/mol. The molecule has 7 heteroatoms. The number of hydrogen-bond acceptors (Lipinski definition) is 5. The van der Waals surface area contributed by atoms with Crippen LogP contribution in [-0.4, -0.2) is 23.5 Å². The molecule has 0 radical (unpaired) electrons. The Balaban J connectivity index is 1.43. The van der Waals surface area contributed by atoms with E-state index in [2.05, 4.69) is 10.6 Å². The Labute approximate surface area is 164 Å². The summed E-state index contributed by atoms with van der Waals surface area (Å²) in [5.41, 5.74) is 1.24. The summed E-state index contributed by atoms with van der Waals surface area (Å²) in [5, 5.41) is 16.6. The molecule has 1 aliphatic rings. The van der Waals surface area contributed by atoms with E-state index in [9.17, 15) is 14.9 Å². The van der Waals surface area contributed by atoms with Crippen LogP contribution in [-0.2, 0) is 11.3 Å². The zero-order chi connectivity index (χ0) is 19.8. The third-order valence-electron chi connectivity index (χ3n) is 4.81. The summed E-state index contributed by atoms with van der Waals surface area (Å²) in [7, 11) is 0. The molecule has 0 heterocycles. The minimum atomic E-state index is -0.475. The van der Waals surface area contributed by atoms with Gasteiger partial charge in [-0.1, -0.05) is 30.7 Å². The number of carbonyl (C=O) groups is 1. The molecule has 0 bridgehead atoms. The van der Waals surface area contributed by atoms with E-state index in [0.717, 1.165) is 24.2 Å². The van der Waals surface area contributed by atoms with Crippen molar-refractivity contribution in [2.24, 2.45) is 0 Å². The number of anilines is 1. The van der Waals surface area contributed by atoms with Gasteiger partial charge in [0.05, 0.1) is 17.6 Å². The normalized spacial score (nSPS) is 14.3. The van der Waals surface area contributed by atoms with Crippen LogP contribution < -0.4 is 15.4 Å². The van der Waals surface area contributed by atoms with E-state index in [-0.39, 0.29) is 18.1 Å². The molecule has 28 heavy (non-hydrogen) atoms. The van der Waals surface area contributed by atoms with Crippen molar-refractivity contribution in [2.75, 3.05) is 11.9 Å². The van der Waals surface area contributed by atoms with Gasteiger partial charge in [0.25, 0.3) is 5.69 Å². The van der Waals surface area contributed by atoms with Gasteiger partial charge < -0.3 is 15.4 Å². The summed E-state index contributed by atoms with van der Waals surface area (Å²) in [6.07, 6.45) is 6.30. The number of carbonyl (C=O) groups excluding carboxylic acids is 1. The zero-order valence-electron chi connectivity index (χ0n) is 15.7. The lowest BCUT2D eigenvalue weighted by Crippen LogP contribution is -2.29. The summed E-state index contributed by atoms with van der Waals surface area (Å²) < 4.78 is 6.00. The van der Waals surface area contributed by atoms with Crippen molar-refractivity contribution in [1.82, 2.24) is 5.32 Å². The molecule has 2 aromatic carbocycles. The highest BCUT2D eigenvalue weighted by atomic mass is 16.6. The summed E-state index contributed by atoms with van der Waals surface area (Å²) in [5.74, 6) is 0.626. The van der Waals surface area contributed by atoms with Crippen LogP contribution in [0.2, 0.25) is 0 Å². The fourth-order valence-electron chi connectivity index (χ4n) is 3.28. The topological polar surface area (TPSA) is 93.5 Å². The maximum Gasteiger partial charge on any atom is 0.292 e. The first-order chi connectivity index (χ1) is 13.6. The Morgan fingerprint density at radius 1 is 1.07 bits per heavy atom. The summed E-state index contributed by atoms with van der Waals surface area (Å²) in [4.78, 5) is 22.5. The molecule has 1 fully saturated rings. The minimum absolute atomic E-state index is 0.0340. The van der Waals surface area contributed by atoms with Crippen LogP contribution in [0.25, 0.3) is 0 Å². The Bertz CT molecular complexity index is 802. The SMILES string of the molecule is O=C(CNc1ccccc1[N+](=O)[O-])NCc1ccc(OC2CCCCC2)cc1. The molecule has 1 amide bonds.